The van der Waals surface area contributed by atoms with Crippen molar-refractivity contribution >= 4 is 17.7 Å². The fourth-order valence-electron chi connectivity index (χ4n) is 3.08. The number of carbonyl (C=O) groups is 3. The summed E-state index contributed by atoms with van der Waals surface area (Å²) in [6, 6.07) is -0.675. The monoisotopic (exact) mass is 278 g/mol. The van der Waals surface area contributed by atoms with Crippen LogP contribution >= 0.6 is 0 Å². The van der Waals surface area contributed by atoms with Gasteiger partial charge in [-0.05, 0) is 25.2 Å². The van der Waals surface area contributed by atoms with Crippen LogP contribution in [0.1, 0.15) is 33.1 Å². The average Bonchev–Trinajstić information content (AvgIpc) is 2.68. The van der Waals surface area contributed by atoms with Gasteiger partial charge in [0.15, 0.2) is 0 Å². The molecule has 1 heterocycles. The van der Waals surface area contributed by atoms with Crippen LogP contribution in [0, 0.1) is 17.8 Å². The molecule has 0 bridgehead atoms. The van der Waals surface area contributed by atoms with Crippen molar-refractivity contribution in [1.82, 2.24) is 10.2 Å². The summed E-state index contributed by atoms with van der Waals surface area (Å²) in [7, 11) is 1.54. The van der Waals surface area contributed by atoms with Gasteiger partial charge in [-0.25, -0.2) is 0 Å². The third-order valence-corrected chi connectivity index (χ3v) is 4.10. The van der Waals surface area contributed by atoms with Crippen molar-refractivity contribution < 1.29 is 14.4 Å². The Bertz CT molecular complexity index is 430. The van der Waals surface area contributed by atoms with E-state index in [9.17, 15) is 14.4 Å². The molecule has 5 heteroatoms. The van der Waals surface area contributed by atoms with E-state index in [4.69, 9.17) is 0 Å². The number of likely N-dealkylation sites (N-methyl/N-ethyl adjacent to an activating group) is 1. The minimum absolute atomic E-state index is 0.182. The highest BCUT2D eigenvalue weighted by molar-refractivity contribution is 6.08. The number of likely N-dealkylation sites (tertiary alicyclic amines) is 1. The fourth-order valence-corrected chi connectivity index (χ4v) is 3.08. The molecule has 1 saturated heterocycles. The van der Waals surface area contributed by atoms with E-state index in [0.29, 0.717) is 19.3 Å². The molecular weight excluding hydrogens is 256 g/mol. The quantitative estimate of drug-likeness (QED) is 0.618. The van der Waals surface area contributed by atoms with Crippen LogP contribution in [0.3, 0.4) is 0 Å². The van der Waals surface area contributed by atoms with Crippen LogP contribution in [0.15, 0.2) is 12.2 Å². The first-order valence-corrected chi connectivity index (χ1v) is 7.20. The van der Waals surface area contributed by atoms with Crippen molar-refractivity contribution in [1.29, 1.82) is 0 Å². The molecule has 1 aliphatic heterocycles. The standard InChI is InChI=1S/C15H22N2O3/c1-9(2)8-12(13(18)16-3)17-14(19)10-6-4-5-7-11(10)15(17)20/h4-5,9-12H,6-8H2,1-3H3,(H,16,18)/t10-,11-,12+/m1/s1. The summed E-state index contributed by atoms with van der Waals surface area (Å²) in [6.45, 7) is 3.96. The lowest BCUT2D eigenvalue weighted by Gasteiger charge is -2.26. The van der Waals surface area contributed by atoms with E-state index in [-0.39, 0.29) is 35.5 Å². The molecule has 20 heavy (non-hydrogen) atoms. The highest BCUT2D eigenvalue weighted by atomic mass is 16.2. The molecule has 2 rings (SSSR count). The SMILES string of the molecule is CNC(=O)[C@H](CC(C)C)N1C(=O)[C@@H]2CC=CC[C@H]2C1=O. The lowest BCUT2D eigenvalue weighted by Crippen LogP contribution is -2.49. The maximum Gasteiger partial charge on any atom is 0.243 e. The lowest BCUT2D eigenvalue weighted by molar-refractivity contribution is -0.148. The highest BCUT2D eigenvalue weighted by Gasteiger charge is 2.50. The first-order valence-electron chi connectivity index (χ1n) is 7.20. The number of nitrogens with one attached hydrogen (secondary N) is 1. The van der Waals surface area contributed by atoms with Crippen LogP contribution < -0.4 is 5.32 Å². The van der Waals surface area contributed by atoms with Gasteiger partial charge in [0.2, 0.25) is 17.7 Å². The molecule has 1 aliphatic carbocycles. The van der Waals surface area contributed by atoms with Crippen molar-refractivity contribution in [2.75, 3.05) is 7.05 Å². The summed E-state index contributed by atoms with van der Waals surface area (Å²) in [5.41, 5.74) is 0. The number of allylic oxidation sites excluding steroid dienone is 2. The lowest BCUT2D eigenvalue weighted by atomic mass is 9.85. The van der Waals surface area contributed by atoms with Gasteiger partial charge in [-0.2, -0.15) is 0 Å². The Balaban J connectivity index is 2.27. The predicted molar refractivity (Wildman–Crippen MR) is 74.5 cm³/mol. The molecule has 3 atom stereocenters. The smallest absolute Gasteiger partial charge is 0.243 e. The van der Waals surface area contributed by atoms with Crippen LogP contribution in [0.25, 0.3) is 0 Å². The Morgan fingerprint density at radius 3 is 2.15 bits per heavy atom. The molecule has 1 fully saturated rings. The number of hydrogen-bond donors (Lipinski definition) is 1. The number of rotatable bonds is 4. The molecule has 110 valence electrons. The van der Waals surface area contributed by atoms with E-state index in [1.807, 2.05) is 26.0 Å². The predicted octanol–water partition coefficient (Wildman–Crippen LogP) is 1.10. The van der Waals surface area contributed by atoms with Gasteiger partial charge in [-0.1, -0.05) is 26.0 Å². The molecule has 5 nitrogen and oxygen atoms in total. The van der Waals surface area contributed by atoms with Crippen LogP contribution in [-0.4, -0.2) is 35.7 Å². The Hall–Kier alpha value is -1.65. The maximum atomic E-state index is 12.5. The number of hydrogen-bond acceptors (Lipinski definition) is 3. The number of fused-ring (bicyclic) bond motifs is 1. The van der Waals surface area contributed by atoms with E-state index in [1.165, 1.54) is 11.9 Å². The van der Waals surface area contributed by atoms with E-state index in [1.54, 1.807) is 0 Å². The Labute approximate surface area is 119 Å². The van der Waals surface area contributed by atoms with Crippen LogP contribution in [-0.2, 0) is 14.4 Å². The van der Waals surface area contributed by atoms with E-state index < -0.39 is 6.04 Å². The topological polar surface area (TPSA) is 66.5 Å². The van der Waals surface area contributed by atoms with Crippen molar-refractivity contribution in [2.24, 2.45) is 17.8 Å². The van der Waals surface area contributed by atoms with Crippen molar-refractivity contribution in [2.45, 2.75) is 39.2 Å². The Kier molecular flexibility index (Phi) is 4.26. The minimum Gasteiger partial charge on any atom is -0.357 e. The van der Waals surface area contributed by atoms with Crippen LogP contribution in [0.5, 0.6) is 0 Å². The molecule has 0 unspecified atom stereocenters. The van der Waals surface area contributed by atoms with E-state index in [0.717, 1.165) is 0 Å². The van der Waals surface area contributed by atoms with Gasteiger partial charge in [0.05, 0.1) is 11.8 Å². The molecule has 2 aliphatic rings. The normalized spacial score (nSPS) is 26.9. The third-order valence-electron chi connectivity index (χ3n) is 4.10. The summed E-state index contributed by atoms with van der Waals surface area (Å²) in [4.78, 5) is 38.3. The summed E-state index contributed by atoms with van der Waals surface area (Å²) in [5, 5.41) is 2.57. The molecule has 0 radical (unpaired) electrons. The fraction of sp³-hybridized carbons (Fsp3) is 0.667. The maximum absolute atomic E-state index is 12.5. The first-order chi connectivity index (χ1) is 9.47. The molecule has 0 aromatic carbocycles. The molecule has 0 saturated carbocycles. The zero-order valence-corrected chi connectivity index (χ0v) is 12.3. The number of nitrogens with zero attached hydrogens (tertiary/aromatic N) is 1. The minimum atomic E-state index is -0.675. The largest absolute Gasteiger partial charge is 0.357 e. The molecule has 0 spiro atoms. The number of imide groups is 1. The van der Waals surface area contributed by atoms with Crippen LogP contribution in [0.4, 0.5) is 0 Å². The number of amides is 3. The second kappa shape index (κ2) is 5.77. The number of carbonyl (C=O) groups excluding carboxylic acids is 3. The summed E-state index contributed by atoms with van der Waals surface area (Å²) < 4.78 is 0. The summed E-state index contributed by atoms with van der Waals surface area (Å²) in [5.74, 6) is -0.929. The van der Waals surface area contributed by atoms with Crippen molar-refractivity contribution in [3.8, 4) is 0 Å². The average molecular weight is 278 g/mol. The van der Waals surface area contributed by atoms with E-state index >= 15 is 0 Å². The van der Waals surface area contributed by atoms with Gasteiger partial charge in [0, 0.05) is 7.05 Å². The molecule has 1 N–H and O–H groups in total. The summed E-state index contributed by atoms with van der Waals surface area (Å²) >= 11 is 0. The molecular formula is C15H22N2O3. The van der Waals surface area contributed by atoms with Gasteiger partial charge in [-0.15, -0.1) is 0 Å². The van der Waals surface area contributed by atoms with Crippen LogP contribution in [0.2, 0.25) is 0 Å². The summed E-state index contributed by atoms with van der Waals surface area (Å²) in [6.07, 6.45) is 5.62. The zero-order chi connectivity index (χ0) is 14.9. The van der Waals surface area contributed by atoms with Crippen molar-refractivity contribution in [3.05, 3.63) is 12.2 Å². The van der Waals surface area contributed by atoms with Crippen molar-refractivity contribution in [3.63, 3.8) is 0 Å². The second-order valence-corrected chi connectivity index (χ2v) is 5.96. The highest BCUT2D eigenvalue weighted by Crippen LogP contribution is 2.36. The molecule has 3 amide bonds. The second-order valence-electron chi connectivity index (χ2n) is 5.96. The van der Waals surface area contributed by atoms with Gasteiger partial charge in [-0.3, -0.25) is 19.3 Å². The van der Waals surface area contributed by atoms with Gasteiger partial charge in [0.25, 0.3) is 0 Å². The van der Waals surface area contributed by atoms with Gasteiger partial charge in [0.1, 0.15) is 6.04 Å². The van der Waals surface area contributed by atoms with Gasteiger partial charge < -0.3 is 5.32 Å². The Morgan fingerprint density at radius 1 is 1.25 bits per heavy atom. The molecule has 0 aromatic heterocycles. The first kappa shape index (κ1) is 14.8. The van der Waals surface area contributed by atoms with Gasteiger partial charge >= 0.3 is 0 Å². The zero-order valence-electron chi connectivity index (χ0n) is 12.3. The molecule has 0 aromatic rings. The third kappa shape index (κ3) is 2.49. The Morgan fingerprint density at radius 2 is 1.75 bits per heavy atom. The van der Waals surface area contributed by atoms with E-state index in [2.05, 4.69) is 5.32 Å².